The Hall–Kier alpha value is -2.20. The van der Waals surface area contributed by atoms with Crippen molar-refractivity contribution in [1.29, 1.82) is 0 Å². The zero-order valence-corrected chi connectivity index (χ0v) is 37.2. The summed E-state index contributed by atoms with van der Waals surface area (Å²) >= 11 is 13.6. The van der Waals surface area contributed by atoms with E-state index in [1.54, 1.807) is 0 Å². The molecule has 11 aliphatic carbocycles. The van der Waals surface area contributed by atoms with E-state index in [1.807, 2.05) is 24.3 Å². The average Bonchev–Trinajstić information content (AvgIpc) is 3.07. The molecule has 13 rings (SSSR count). The highest BCUT2D eigenvalue weighted by Gasteiger charge is 2.65. The molecule has 4 unspecified atom stereocenters. The molecule has 328 valence electrons. The minimum Gasteiger partial charge on any atom is -1.00 e. The van der Waals surface area contributed by atoms with Gasteiger partial charge >= 0.3 is 11.9 Å². The van der Waals surface area contributed by atoms with Crippen molar-refractivity contribution in [2.75, 3.05) is 0 Å². The van der Waals surface area contributed by atoms with Crippen molar-refractivity contribution in [3.8, 4) is 0 Å². The van der Waals surface area contributed by atoms with E-state index in [1.165, 1.54) is 12.0 Å². The molecule has 11 fully saturated rings. The standard InChI is InChI=1S/C22H28ClNO2.C17H22ClNO.C10H14O3.ClH/c23-21-10-14-9-17(12-21)18(22(26,11-14)13-21)19(15-5-2-1-3-6-15)24-20(25)16-7-4-8-16;18-16-7-11-6-13(9-16)14(17(20,8-11)10-16)15(19)12-4-2-1-3-5-12;11-9(7-3-1-4-7)13-10(12)8-5-2-6-8;/h1-3,5-6,14,16-19,26H,4,7-13H2,(H,24,25);1-5,11,13-15,20H,6-10,19H2;7-8H,1-6H2;1H/t14?,17?,18-,19+,21+,22+;11?,13?,14-,15+,16+,17+;;/m11../s1. The maximum atomic E-state index is 12.8. The lowest BCUT2D eigenvalue weighted by molar-refractivity contribution is -0.459. The second-order valence-corrected chi connectivity index (χ2v) is 22.5. The fourth-order valence-corrected chi connectivity index (χ4v) is 15.1. The molecular weight excluding hydrogens is 819 g/mol. The number of alkyl halides is 2. The Bertz CT molecular complexity index is 1840. The summed E-state index contributed by atoms with van der Waals surface area (Å²) in [6.45, 7) is 0. The second kappa shape index (κ2) is 17.4. The zero-order valence-electron chi connectivity index (χ0n) is 34.9. The van der Waals surface area contributed by atoms with Crippen LogP contribution in [0.5, 0.6) is 0 Å². The van der Waals surface area contributed by atoms with Gasteiger partial charge in [0.1, 0.15) is 6.04 Å². The number of nitrogens with one attached hydrogen (secondary N) is 1. The molecule has 0 aromatic heterocycles. The number of esters is 2. The molecule has 0 heterocycles. The molecule has 0 saturated heterocycles. The maximum absolute atomic E-state index is 12.8. The number of hydrogen-bond acceptors (Lipinski definition) is 6. The minimum atomic E-state index is -0.751. The van der Waals surface area contributed by atoms with Gasteiger partial charge in [-0.15, -0.1) is 23.2 Å². The van der Waals surface area contributed by atoms with E-state index in [-0.39, 0.29) is 81.7 Å². The highest BCUT2D eigenvalue weighted by atomic mass is 35.5. The van der Waals surface area contributed by atoms with Crippen molar-refractivity contribution in [3.63, 3.8) is 0 Å². The van der Waals surface area contributed by atoms with E-state index in [0.29, 0.717) is 30.1 Å². The molecule has 2 aromatic carbocycles. The Morgan fingerprint density at radius 2 is 1.07 bits per heavy atom. The molecule has 8 bridgehead atoms. The topological polar surface area (TPSA) is 141 Å². The van der Waals surface area contributed by atoms with Crippen LogP contribution in [0.2, 0.25) is 0 Å². The van der Waals surface area contributed by atoms with Crippen LogP contribution < -0.4 is 23.5 Å². The van der Waals surface area contributed by atoms with E-state index in [9.17, 15) is 24.6 Å². The summed E-state index contributed by atoms with van der Waals surface area (Å²) in [5.74, 6) is 2.23. The Kier molecular flexibility index (Phi) is 12.9. The Morgan fingerprint density at radius 3 is 1.47 bits per heavy atom. The monoisotopic (exact) mass is 882 g/mol. The lowest BCUT2D eigenvalue weighted by Gasteiger charge is -2.63. The van der Waals surface area contributed by atoms with Gasteiger partial charge in [-0.05, 0) is 132 Å². The van der Waals surface area contributed by atoms with Gasteiger partial charge < -0.3 is 38.4 Å². The van der Waals surface area contributed by atoms with Crippen molar-refractivity contribution < 1.29 is 47.5 Å². The molecule has 11 saturated carbocycles. The third kappa shape index (κ3) is 8.82. The molecular formula is C49H65Cl3N2O6. The van der Waals surface area contributed by atoms with Gasteiger partial charge in [0, 0.05) is 33.1 Å². The first kappa shape index (κ1) is 44.4. The number of benzene rings is 2. The van der Waals surface area contributed by atoms with Crippen LogP contribution in [0, 0.1) is 53.3 Å². The summed E-state index contributed by atoms with van der Waals surface area (Å²) in [5.41, 5.74) is 5.45. The van der Waals surface area contributed by atoms with Crippen LogP contribution in [0.4, 0.5) is 0 Å². The van der Waals surface area contributed by atoms with Gasteiger partial charge in [0.2, 0.25) is 5.91 Å². The van der Waals surface area contributed by atoms with Crippen molar-refractivity contribution in [1.82, 2.24) is 5.32 Å². The Labute approximate surface area is 372 Å². The summed E-state index contributed by atoms with van der Waals surface area (Å²) in [7, 11) is 0. The number of halogens is 3. The van der Waals surface area contributed by atoms with E-state index >= 15 is 0 Å². The Morgan fingerprint density at radius 1 is 0.633 bits per heavy atom. The molecule has 11 aliphatic rings. The molecule has 8 nitrogen and oxygen atoms in total. The zero-order chi connectivity index (χ0) is 41.2. The number of amides is 1. The van der Waals surface area contributed by atoms with Crippen LogP contribution >= 0.6 is 23.2 Å². The van der Waals surface area contributed by atoms with Crippen LogP contribution in [0.1, 0.15) is 145 Å². The van der Waals surface area contributed by atoms with Gasteiger partial charge in [0.25, 0.3) is 0 Å². The van der Waals surface area contributed by atoms with E-state index in [2.05, 4.69) is 47.4 Å². The van der Waals surface area contributed by atoms with Gasteiger partial charge in [-0.1, -0.05) is 79.9 Å². The van der Waals surface area contributed by atoms with Crippen molar-refractivity contribution in [2.45, 2.75) is 155 Å². The molecule has 1 amide bonds. The second-order valence-electron chi connectivity index (χ2n) is 20.9. The summed E-state index contributed by atoms with van der Waals surface area (Å²) in [6, 6.07) is 20.8. The molecule has 0 radical (unpaired) electrons. The third-order valence-corrected chi connectivity index (χ3v) is 17.5. The molecule has 0 spiro atoms. The SMILES string of the molecule is O=C(N[C@@H](c1ccccc1)[C@H]1C2CC3C[C@](Cl)(C2)C[C@@]1(O)C3)C1CCC1.O=C(OC(=O)C1CCC1)C1CCC1.[Cl-].[NH3+][C@@H](c1ccccc1)[C@H]1C2CC3C[C@](Cl)(C2)C[C@@]1(O)C3. The quantitative estimate of drug-likeness (QED) is 0.160. The normalized spacial score (nSPS) is 39.1. The number of ether oxygens (including phenoxy) is 1. The largest absolute Gasteiger partial charge is 1.00 e. The number of rotatable bonds is 8. The van der Waals surface area contributed by atoms with Gasteiger partial charge in [-0.3, -0.25) is 14.4 Å². The molecule has 11 heteroatoms. The molecule has 6 N–H and O–H groups in total. The van der Waals surface area contributed by atoms with Crippen molar-refractivity contribution in [3.05, 3.63) is 71.8 Å². The first-order valence-corrected chi connectivity index (χ1v) is 23.8. The number of quaternary nitrogens is 1. The molecule has 2 aromatic rings. The van der Waals surface area contributed by atoms with Crippen LogP contribution in [-0.4, -0.2) is 49.0 Å². The van der Waals surface area contributed by atoms with Crippen LogP contribution in [0.25, 0.3) is 0 Å². The average molecular weight is 884 g/mol. The maximum Gasteiger partial charge on any atom is 0.316 e. The lowest BCUT2D eigenvalue weighted by atomic mass is 9.47. The van der Waals surface area contributed by atoms with Crippen molar-refractivity contribution >= 4 is 41.0 Å². The van der Waals surface area contributed by atoms with Gasteiger partial charge in [-0.25, -0.2) is 0 Å². The highest BCUT2D eigenvalue weighted by Crippen LogP contribution is 2.65. The van der Waals surface area contributed by atoms with Crippen LogP contribution in [0.3, 0.4) is 0 Å². The van der Waals surface area contributed by atoms with Gasteiger partial charge in [0.05, 0.1) is 29.1 Å². The molecule has 60 heavy (non-hydrogen) atoms. The number of aliphatic hydroxyl groups is 2. The molecule has 0 aliphatic heterocycles. The van der Waals surface area contributed by atoms with E-state index < -0.39 is 11.2 Å². The predicted molar refractivity (Wildman–Crippen MR) is 227 cm³/mol. The molecule has 12 atom stereocenters. The smallest absolute Gasteiger partial charge is 0.316 e. The summed E-state index contributed by atoms with van der Waals surface area (Å²) in [6.07, 6.45) is 18.7. The summed E-state index contributed by atoms with van der Waals surface area (Å²) in [4.78, 5) is 34.9. The first-order valence-electron chi connectivity index (χ1n) is 23.0. The first-order chi connectivity index (χ1) is 28.2. The number of carbonyl (C=O) groups is 3. The summed E-state index contributed by atoms with van der Waals surface area (Å²) in [5, 5.41) is 26.2. The fourth-order valence-electron chi connectivity index (χ4n) is 13.8. The van der Waals surface area contributed by atoms with Crippen molar-refractivity contribution in [2.24, 2.45) is 53.3 Å². The highest BCUT2D eigenvalue weighted by molar-refractivity contribution is 6.24. The van der Waals surface area contributed by atoms with Gasteiger partial charge in [-0.2, -0.15) is 0 Å². The van der Waals surface area contributed by atoms with Crippen LogP contribution in [0.15, 0.2) is 60.7 Å². The lowest BCUT2D eigenvalue weighted by Crippen LogP contribution is -3.00. The van der Waals surface area contributed by atoms with E-state index in [0.717, 1.165) is 115 Å². The van der Waals surface area contributed by atoms with Gasteiger partial charge in [0.15, 0.2) is 0 Å². The predicted octanol–water partition coefficient (Wildman–Crippen LogP) is 5.37. The fraction of sp³-hybridized carbons (Fsp3) is 0.694. The van der Waals surface area contributed by atoms with Crippen LogP contribution in [-0.2, 0) is 19.1 Å². The number of carbonyl (C=O) groups excluding carboxylic acids is 3. The Balaban J connectivity index is 0.000000131. The summed E-state index contributed by atoms with van der Waals surface area (Å²) < 4.78 is 4.78. The number of hydrogen-bond donors (Lipinski definition) is 4. The van der Waals surface area contributed by atoms with E-state index in [4.69, 9.17) is 27.9 Å². The minimum absolute atomic E-state index is 0. The third-order valence-electron chi connectivity index (χ3n) is 16.7.